The maximum absolute atomic E-state index is 11.6. The maximum atomic E-state index is 11.6. The van der Waals surface area contributed by atoms with E-state index in [1.165, 1.54) is 20.0 Å². The Morgan fingerprint density at radius 1 is 1.26 bits per heavy atom. The highest BCUT2D eigenvalue weighted by atomic mass is 16.5. The number of nitrogens with zero attached hydrogens (tertiary/aromatic N) is 3. The fraction of sp³-hybridized carbons (Fsp3) is 0.615. The van der Waals surface area contributed by atoms with Crippen LogP contribution < -0.4 is 10.2 Å². The Balaban J connectivity index is 2.19. The monoisotopic (exact) mass is 264 g/mol. The minimum Gasteiger partial charge on any atom is -0.375 e. The summed E-state index contributed by atoms with van der Waals surface area (Å²) in [7, 11) is 1.49. The minimum absolute atomic E-state index is 0.0345. The van der Waals surface area contributed by atoms with Crippen LogP contribution >= 0.6 is 0 Å². The largest absolute Gasteiger partial charge is 0.375 e. The Bertz CT molecular complexity index is 447. The molecular weight excluding hydrogens is 244 g/mol. The van der Waals surface area contributed by atoms with Gasteiger partial charge in [-0.25, -0.2) is 9.97 Å². The van der Waals surface area contributed by atoms with E-state index in [2.05, 4.69) is 20.2 Å². The van der Waals surface area contributed by atoms with Crippen LogP contribution in [0.15, 0.2) is 0 Å². The van der Waals surface area contributed by atoms with E-state index in [-0.39, 0.29) is 12.5 Å². The van der Waals surface area contributed by atoms with Gasteiger partial charge in [-0.3, -0.25) is 4.79 Å². The second-order valence-corrected chi connectivity index (χ2v) is 4.74. The molecule has 1 aromatic heterocycles. The summed E-state index contributed by atoms with van der Waals surface area (Å²) in [5.74, 6) is 0.573. The summed E-state index contributed by atoms with van der Waals surface area (Å²) in [5, 5.41) is 2.79. The molecule has 0 unspecified atom stereocenters. The molecular formula is C13H20N4O2. The number of aromatic nitrogens is 2. The smallest absolute Gasteiger partial charge is 0.250 e. The molecule has 6 nitrogen and oxygen atoms in total. The van der Waals surface area contributed by atoms with E-state index in [0.29, 0.717) is 5.69 Å². The molecule has 0 radical (unpaired) electrons. The van der Waals surface area contributed by atoms with Gasteiger partial charge in [0.05, 0.1) is 17.1 Å². The van der Waals surface area contributed by atoms with Gasteiger partial charge >= 0.3 is 0 Å². The van der Waals surface area contributed by atoms with E-state index >= 15 is 0 Å². The van der Waals surface area contributed by atoms with Gasteiger partial charge in [-0.15, -0.1) is 0 Å². The molecule has 0 aromatic carbocycles. The first kappa shape index (κ1) is 13.7. The lowest BCUT2D eigenvalue weighted by Crippen LogP contribution is -2.23. The fourth-order valence-corrected chi connectivity index (χ4v) is 2.24. The van der Waals surface area contributed by atoms with Crippen molar-refractivity contribution in [3.05, 3.63) is 11.4 Å². The van der Waals surface area contributed by atoms with E-state index < -0.39 is 0 Å². The molecule has 0 saturated carbocycles. The van der Waals surface area contributed by atoms with Crippen molar-refractivity contribution in [2.24, 2.45) is 0 Å². The molecule has 0 atom stereocenters. The highest BCUT2D eigenvalue weighted by Crippen LogP contribution is 2.22. The summed E-state index contributed by atoms with van der Waals surface area (Å²) in [6, 6.07) is 0. The predicted molar refractivity (Wildman–Crippen MR) is 73.5 cm³/mol. The third kappa shape index (κ3) is 3.20. The standard InChI is InChI=1S/C13H20N4O2/c1-9-12(16-11(18)8-19-3)10(2)15-13(14-9)17-6-4-5-7-17/h4-8H2,1-3H3,(H,16,18). The zero-order valence-corrected chi connectivity index (χ0v) is 11.7. The highest BCUT2D eigenvalue weighted by Gasteiger charge is 2.18. The van der Waals surface area contributed by atoms with Crippen LogP contribution in [-0.2, 0) is 9.53 Å². The Hall–Kier alpha value is -1.69. The van der Waals surface area contributed by atoms with Crippen molar-refractivity contribution >= 4 is 17.5 Å². The van der Waals surface area contributed by atoms with Crippen molar-refractivity contribution in [2.45, 2.75) is 26.7 Å². The van der Waals surface area contributed by atoms with Crippen LogP contribution in [-0.4, -0.2) is 42.7 Å². The molecule has 19 heavy (non-hydrogen) atoms. The molecule has 1 saturated heterocycles. The van der Waals surface area contributed by atoms with Gasteiger partial charge in [-0.1, -0.05) is 0 Å². The number of carbonyl (C=O) groups is 1. The van der Waals surface area contributed by atoms with Gasteiger partial charge < -0.3 is 15.0 Å². The molecule has 1 aliphatic heterocycles. The van der Waals surface area contributed by atoms with E-state index in [4.69, 9.17) is 4.74 Å². The number of nitrogens with one attached hydrogen (secondary N) is 1. The van der Waals surface area contributed by atoms with Crippen LogP contribution in [0.3, 0.4) is 0 Å². The Morgan fingerprint density at radius 3 is 2.37 bits per heavy atom. The topological polar surface area (TPSA) is 67.3 Å². The molecule has 0 spiro atoms. The Labute approximate surface area is 113 Å². The molecule has 2 rings (SSSR count). The van der Waals surface area contributed by atoms with Crippen molar-refractivity contribution in [2.75, 3.05) is 37.0 Å². The van der Waals surface area contributed by atoms with Crippen molar-refractivity contribution in [3.8, 4) is 0 Å². The molecule has 2 heterocycles. The first-order valence-corrected chi connectivity index (χ1v) is 6.51. The average Bonchev–Trinajstić information content (AvgIpc) is 2.87. The Morgan fingerprint density at radius 2 is 1.84 bits per heavy atom. The number of anilines is 2. The van der Waals surface area contributed by atoms with E-state index in [0.717, 1.165) is 30.4 Å². The molecule has 1 aromatic rings. The van der Waals surface area contributed by atoms with Crippen molar-refractivity contribution in [1.29, 1.82) is 0 Å². The lowest BCUT2D eigenvalue weighted by molar-refractivity contribution is -0.119. The van der Waals surface area contributed by atoms with Gasteiger partial charge in [0.1, 0.15) is 6.61 Å². The summed E-state index contributed by atoms with van der Waals surface area (Å²) in [4.78, 5) is 22.7. The highest BCUT2D eigenvalue weighted by molar-refractivity contribution is 5.92. The van der Waals surface area contributed by atoms with Gasteiger partial charge in [-0.2, -0.15) is 0 Å². The number of rotatable bonds is 4. The predicted octanol–water partition coefficient (Wildman–Crippen LogP) is 1.28. The molecule has 1 N–H and O–H groups in total. The summed E-state index contributed by atoms with van der Waals surface area (Å²) in [5.41, 5.74) is 2.27. The molecule has 6 heteroatoms. The second kappa shape index (κ2) is 5.97. The van der Waals surface area contributed by atoms with Crippen LogP contribution in [0, 0.1) is 13.8 Å². The zero-order chi connectivity index (χ0) is 13.8. The van der Waals surface area contributed by atoms with Crippen LogP contribution in [0.4, 0.5) is 11.6 Å². The van der Waals surface area contributed by atoms with Crippen LogP contribution in [0.25, 0.3) is 0 Å². The molecule has 0 bridgehead atoms. The van der Waals surface area contributed by atoms with E-state index in [1.807, 2.05) is 13.8 Å². The van der Waals surface area contributed by atoms with Gasteiger partial charge in [0.2, 0.25) is 11.9 Å². The second-order valence-electron chi connectivity index (χ2n) is 4.74. The number of methoxy groups -OCH3 is 1. The maximum Gasteiger partial charge on any atom is 0.250 e. The summed E-state index contributed by atoms with van der Waals surface area (Å²) in [6.07, 6.45) is 2.38. The van der Waals surface area contributed by atoms with Crippen LogP contribution in [0.5, 0.6) is 0 Å². The van der Waals surface area contributed by atoms with Gasteiger partial charge in [-0.05, 0) is 26.7 Å². The fourth-order valence-electron chi connectivity index (χ4n) is 2.24. The number of ether oxygens (including phenoxy) is 1. The lowest BCUT2D eigenvalue weighted by atomic mass is 10.3. The van der Waals surface area contributed by atoms with E-state index in [9.17, 15) is 4.79 Å². The van der Waals surface area contributed by atoms with Gasteiger partial charge in [0.25, 0.3) is 0 Å². The molecule has 104 valence electrons. The van der Waals surface area contributed by atoms with Crippen molar-refractivity contribution in [3.63, 3.8) is 0 Å². The normalized spacial score (nSPS) is 14.8. The quantitative estimate of drug-likeness (QED) is 0.887. The molecule has 1 amide bonds. The average molecular weight is 264 g/mol. The number of amides is 1. The number of hydrogen-bond acceptors (Lipinski definition) is 5. The SMILES string of the molecule is COCC(=O)Nc1c(C)nc(N2CCCC2)nc1C. The van der Waals surface area contributed by atoms with Crippen molar-refractivity contribution in [1.82, 2.24) is 9.97 Å². The zero-order valence-electron chi connectivity index (χ0n) is 11.7. The minimum atomic E-state index is -0.189. The molecule has 0 aliphatic carbocycles. The lowest BCUT2D eigenvalue weighted by Gasteiger charge is -2.18. The first-order valence-electron chi connectivity index (χ1n) is 6.51. The summed E-state index contributed by atoms with van der Waals surface area (Å²) < 4.78 is 4.80. The summed E-state index contributed by atoms with van der Waals surface area (Å²) in [6.45, 7) is 5.82. The summed E-state index contributed by atoms with van der Waals surface area (Å²) >= 11 is 0. The Kier molecular flexibility index (Phi) is 4.31. The first-order chi connectivity index (χ1) is 9.11. The molecule has 1 aliphatic rings. The van der Waals surface area contributed by atoms with E-state index in [1.54, 1.807) is 0 Å². The third-order valence-corrected chi connectivity index (χ3v) is 3.19. The van der Waals surface area contributed by atoms with Crippen LogP contribution in [0.2, 0.25) is 0 Å². The third-order valence-electron chi connectivity index (χ3n) is 3.19. The number of hydrogen-bond donors (Lipinski definition) is 1. The van der Waals surface area contributed by atoms with Gasteiger partial charge in [0, 0.05) is 20.2 Å². The van der Waals surface area contributed by atoms with Crippen molar-refractivity contribution < 1.29 is 9.53 Å². The number of aryl methyl sites for hydroxylation is 2. The number of carbonyl (C=O) groups excluding carboxylic acids is 1. The van der Waals surface area contributed by atoms with Crippen LogP contribution in [0.1, 0.15) is 24.2 Å². The van der Waals surface area contributed by atoms with Gasteiger partial charge in [0.15, 0.2) is 0 Å². The molecule has 1 fully saturated rings.